The van der Waals surface area contributed by atoms with E-state index in [4.69, 9.17) is 5.11 Å². The van der Waals surface area contributed by atoms with Gasteiger partial charge in [0.05, 0.1) is 3.79 Å². The predicted molar refractivity (Wildman–Crippen MR) is 76.1 cm³/mol. The summed E-state index contributed by atoms with van der Waals surface area (Å²) in [5, 5.41) is 8.88. The van der Waals surface area contributed by atoms with E-state index < -0.39 is 16.0 Å². The van der Waals surface area contributed by atoms with Crippen LogP contribution in [0.1, 0.15) is 35.9 Å². The summed E-state index contributed by atoms with van der Waals surface area (Å²) in [6.07, 6.45) is 2.67. The molecule has 2 rings (SSSR count). The van der Waals surface area contributed by atoms with Crippen LogP contribution in [-0.4, -0.2) is 25.5 Å². The second kappa shape index (κ2) is 5.51. The smallest absolute Gasteiger partial charge is 0.345 e. The fraction of sp³-hybridized carbons (Fsp3) is 0.545. The highest BCUT2D eigenvalue weighted by Gasteiger charge is 2.29. The summed E-state index contributed by atoms with van der Waals surface area (Å²) in [6, 6.07) is 1.14. The minimum Gasteiger partial charge on any atom is -0.477 e. The second-order valence-corrected chi connectivity index (χ2v) is 8.84. The summed E-state index contributed by atoms with van der Waals surface area (Å²) < 4.78 is 27.4. The van der Waals surface area contributed by atoms with Gasteiger partial charge in [0.25, 0.3) is 0 Å². The van der Waals surface area contributed by atoms with Crippen LogP contribution in [0.25, 0.3) is 0 Å². The molecule has 0 saturated heterocycles. The number of rotatable bonds is 4. The van der Waals surface area contributed by atoms with Crippen molar-refractivity contribution in [3.8, 4) is 0 Å². The van der Waals surface area contributed by atoms with Crippen molar-refractivity contribution in [1.29, 1.82) is 0 Å². The molecule has 1 aromatic rings. The van der Waals surface area contributed by atoms with Crippen LogP contribution in [0.3, 0.4) is 0 Å². The van der Waals surface area contributed by atoms with Crippen LogP contribution in [0.15, 0.2) is 14.7 Å². The summed E-state index contributed by atoms with van der Waals surface area (Å²) in [7, 11) is -3.66. The molecule has 5 nitrogen and oxygen atoms in total. The van der Waals surface area contributed by atoms with Crippen LogP contribution in [0.2, 0.25) is 0 Å². The van der Waals surface area contributed by atoms with Crippen molar-refractivity contribution in [3.63, 3.8) is 0 Å². The van der Waals surface area contributed by atoms with Crippen molar-refractivity contribution >= 4 is 43.3 Å². The van der Waals surface area contributed by atoms with Crippen LogP contribution in [0.5, 0.6) is 0 Å². The van der Waals surface area contributed by atoms with Gasteiger partial charge in [0.2, 0.25) is 10.0 Å². The van der Waals surface area contributed by atoms with Crippen LogP contribution in [0, 0.1) is 5.92 Å². The number of hydrogen-bond donors (Lipinski definition) is 2. The van der Waals surface area contributed by atoms with Crippen molar-refractivity contribution in [3.05, 3.63) is 14.7 Å². The molecule has 2 atom stereocenters. The Labute approximate surface area is 124 Å². The summed E-state index contributed by atoms with van der Waals surface area (Å²) in [6.45, 7) is 2.09. The van der Waals surface area contributed by atoms with Gasteiger partial charge in [-0.2, -0.15) is 0 Å². The number of sulfonamides is 1. The Morgan fingerprint density at radius 3 is 2.68 bits per heavy atom. The quantitative estimate of drug-likeness (QED) is 0.856. The molecule has 2 N–H and O–H groups in total. The molecule has 2 unspecified atom stereocenters. The molecule has 106 valence electrons. The molecular formula is C11H14BrNO4S2. The molecule has 0 amide bonds. The normalized spacial score (nSPS) is 23.7. The molecule has 1 saturated carbocycles. The third kappa shape index (κ3) is 3.36. The summed E-state index contributed by atoms with van der Waals surface area (Å²) >= 11 is 4.02. The summed E-state index contributed by atoms with van der Waals surface area (Å²) in [5.41, 5.74) is 0. The highest BCUT2D eigenvalue weighted by Crippen LogP contribution is 2.33. The number of carbonyl (C=O) groups is 1. The van der Waals surface area contributed by atoms with E-state index >= 15 is 0 Å². The molecule has 1 aliphatic rings. The maximum absolute atomic E-state index is 12.2. The van der Waals surface area contributed by atoms with Crippen molar-refractivity contribution in [1.82, 2.24) is 4.72 Å². The van der Waals surface area contributed by atoms with E-state index in [-0.39, 0.29) is 15.8 Å². The Morgan fingerprint density at radius 1 is 1.53 bits per heavy atom. The fourth-order valence-electron chi connectivity index (χ4n) is 2.24. The van der Waals surface area contributed by atoms with Crippen LogP contribution >= 0.6 is 27.3 Å². The fourth-order valence-corrected chi connectivity index (χ4v) is 5.92. The first kappa shape index (κ1) is 15.0. The molecule has 1 aliphatic carbocycles. The molecule has 19 heavy (non-hydrogen) atoms. The van der Waals surface area contributed by atoms with Crippen molar-refractivity contribution in [2.24, 2.45) is 5.92 Å². The van der Waals surface area contributed by atoms with Gasteiger partial charge in [-0.3, -0.25) is 0 Å². The molecule has 0 bridgehead atoms. The third-order valence-electron chi connectivity index (χ3n) is 3.17. The van der Waals surface area contributed by atoms with Crippen LogP contribution in [-0.2, 0) is 10.0 Å². The first-order valence-corrected chi connectivity index (χ1v) is 8.94. The van der Waals surface area contributed by atoms with E-state index in [0.29, 0.717) is 9.70 Å². The lowest BCUT2D eigenvalue weighted by Gasteiger charge is -2.12. The average molecular weight is 368 g/mol. The molecular weight excluding hydrogens is 354 g/mol. The lowest BCUT2D eigenvalue weighted by atomic mass is 10.1. The topological polar surface area (TPSA) is 83.5 Å². The molecule has 0 spiro atoms. The lowest BCUT2D eigenvalue weighted by molar-refractivity contribution is 0.0702. The van der Waals surface area contributed by atoms with Crippen molar-refractivity contribution < 1.29 is 18.3 Å². The Morgan fingerprint density at radius 2 is 2.21 bits per heavy atom. The molecule has 0 aliphatic heterocycles. The van der Waals surface area contributed by atoms with Gasteiger partial charge in [-0.15, -0.1) is 11.3 Å². The van der Waals surface area contributed by atoms with Gasteiger partial charge in [-0.05, 0) is 47.2 Å². The molecule has 1 aromatic heterocycles. The van der Waals surface area contributed by atoms with Gasteiger partial charge in [0.15, 0.2) is 0 Å². The first-order valence-electron chi connectivity index (χ1n) is 5.84. The number of aromatic carboxylic acids is 1. The Bertz CT molecular complexity index is 596. The zero-order valence-electron chi connectivity index (χ0n) is 10.2. The number of thiophene rings is 1. The van der Waals surface area contributed by atoms with Gasteiger partial charge in [0, 0.05) is 6.04 Å². The lowest BCUT2D eigenvalue weighted by Crippen LogP contribution is -2.32. The highest BCUT2D eigenvalue weighted by molar-refractivity contribution is 9.11. The maximum atomic E-state index is 12.2. The molecule has 0 radical (unpaired) electrons. The van der Waals surface area contributed by atoms with E-state index in [0.717, 1.165) is 30.6 Å². The van der Waals surface area contributed by atoms with Crippen molar-refractivity contribution in [2.45, 2.75) is 37.1 Å². The van der Waals surface area contributed by atoms with Crippen molar-refractivity contribution in [2.75, 3.05) is 0 Å². The SMILES string of the molecule is CC1CCC(NS(=O)(=O)c2cc(C(=O)O)sc2Br)C1. The van der Waals surface area contributed by atoms with E-state index in [2.05, 4.69) is 27.6 Å². The van der Waals surface area contributed by atoms with E-state index in [1.165, 1.54) is 6.07 Å². The van der Waals surface area contributed by atoms with Gasteiger partial charge in [-0.25, -0.2) is 17.9 Å². The molecule has 1 heterocycles. The zero-order valence-corrected chi connectivity index (χ0v) is 13.4. The van der Waals surface area contributed by atoms with E-state index in [1.807, 2.05) is 0 Å². The van der Waals surface area contributed by atoms with Gasteiger partial charge >= 0.3 is 5.97 Å². The summed E-state index contributed by atoms with van der Waals surface area (Å²) in [4.78, 5) is 10.9. The number of halogens is 1. The summed E-state index contributed by atoms with van der Waals surface area (Å²) in [5.74, 6) is -0.602. The number of nitrogens with one attached hydrogen (secondary N) is 1. The van der Waals surface area contributed by atoms with Crippen LogP contribution in [0.4, 0.5) is 0 Å². The van der Waals surface area contributed by atoms with Crippen LogP contribution < -0.4 is 4.72 Å². The first-order chi connectivity index (χ1) is 8.79. The minimum atomic E-state index is -3.66. The van der Waals surface area contributed by atoms with Gasteiger partial charge < -0.3 is 5.11 Å². The standard InChI is InChI=1S/C11H14BrNO4S2/c1-6-2-3-7(4-6)13-19(16,17)9-5-8(11(14)15)18-10(9)12/h5-7,13H,2-4H2,1H3,(H,14,15). The number of carboxylic acids is 1. The maximum Gasteiger partial charge on any atom is 0.345 e. The minimum absolute atomic E-state index is 0.00652. The monoisotopic (exact) mass is 367 g/mol. The molecule has 0 aromatic carbocycles. The Balaban J connectivity index is 2.22. The van der Waals surface area contributed by atoms with Gasteiger partial charge in [-0.1, -0.05) is 6.92 Å². The zero-order chi connectivity index (χ0) is 14.2. The van der Waals surface area contributed by atoms with E-state index in [9.17, 15) is 13.2 Å². The van der Waals surface area contributed by atoms with E-state index in [1.54, 1.807) is 0 Å². The Hall–Kier alpha value is -0.440. The number of hydrogen-bond acceptors (Lipinski definition) is 4. The highest BCUT2D eigenvalue weighted by atomic mass is 79.9. The molecule has 8 heteroatoms. The third-order valence-corrected chi connectivity index (χ3v) is 6.93. The largest absolute Gasteiger partial charge is 0.477 e. The Kier molecular flexibility index (Phi) is 4.34. The molecule has 1 fully saturated rings. The number of carboxylic acid groups (broad SMARTS) is 1. The average Bonchev–Trinajstić information content (AvgIpc) is 2.85. The van der Waals surface area contributed by atoms with Gasteiger partial charge in [0.1, 0.15) is 9.77 Å². The predicted octanol–water partition coefficient (Wildman–Crippen LogP) is 2.68. The second-order valence-electron chi connectivity index (χ2n) is 4.79.